The Morgan fingerprint density at radius 2 is 2.10 bits per heavy atom. The maximum atomic E-state index is 12.2. The highest BCUT2D eigenvalue weighted by molar-refractivity contribution is 5.94. The fourth-order valence-corrected chi connectivity index (χ4v) is 2.05. The summed E-state index contributed by atoms with van der Waals surface area (Å²) in [5, 5.41) is 11.8. The molecular weight excluding hydrogens is 256 g/mol. The van der Waals surface area contributed by atoms with Gasteiger partial charge in [-0.15, -0.1) is 0 Å². The van der Waals surface area contributed by atoms with Gasteiger partial charge in [0.1, 0.15) is 0 Å². The van der Waals surface area contributed by atoms with E-state index in [9.17, 15) is 9.59 Å². The molecule has 1 aromatic carbocycles. The third kappa shape index (κ3) is 3.50. The quantitative estimate of drug-likeness (QED) is 0.868. The third-order valence-corrected chi connectivity index (χ3v) is 3.57. The van der Waals surface area contributed by atoms with E-state index in [0.29, 0.717) is 18.2 Å². The Morgan fingerprint density at radius 1 is 1.40 bits per heavy atom. The highest BCUT2D eigenvalue weighted by atomic mass is 16.4. The van der Waals surface area contributed by atoms with Crippen molar-refractivity contribution >= 4 is 17.7 Å². The van der Waals surface area contributed by atoms with Crippen LogP contribution in [-0.4, -0.2) is 35.1 Å². The number of rotatable bonds is 5. The van der Waals surface area contributed by atoms with Crippen molar-refractivity contribution in [3.63, 3.8) is 0 Å². The number of anilines is 1. The van der Waals surface area contributed by atoms with E-state index in [0.717, 1.165) is 12.1 Å². The Balaban J connectivity index is 2.09. The molecule has 108 valence electrons. The van der Waals surface area contributed by atoms with Crippen LogP contribution in [0.1, 0.15) is 35.7 Å². The van der Waals surface area contributed by atoms with E-state index < -0.39 is 5.97 Å². The molecule has 5 nitrogen and oxygen atoms in total. The number of benzene rings is 1. The number of nitrogens with zero attached hydrogens (tertiary/aromatic N) is 1. The van der Waals surface area contributed by atoms with Crippen LogP contribution >= 0.6 is 0 Å². The molecule has 0 saturated heterocycles. The molecule has 5 heteroatoms. The van der Waals surface area contributed by atoms with Crippen molar-refractivity contribution in [3.8, 4) is 0 Å². The van der Waals surface area contributed by atoms with Crippen molar-refractivity contribution in [1.82, 2.24) is 4.90 Å². The van der Waals surface area contributed by atoms with Crippen LogP contribution in [0, 0.1) is 12.8 Å². The molecule has 0 atom stereocenters. The fraction of sp³-hybridized carbons (Fsp3) is 0.467. The first-order valence-corrected chi connectivity index (χ1v) is 6.91. The molecule has 1 aliphatic carbocycles. The molecule has 0 spiro atoms. The molecule has 0 aromatic heterocycles. The summed E-state index contributed by atoms with van der Waals surface area (Å²) in [5.74, 6) is -0.363. The van der Waals surface area contributed by atoms with E-state index >= 15 is 0 Å². The van der Waals surface area contributed by atoms with Gasteiger partial charge in [0.25, 0.3) is 0 Å². The number of hydrogen-bond donors (Lipinski definition) is 2. The third-order valence-electron chi connectivity index (χ3n) is 3.57. The van der Waals surface area contributed by atoms with E-state index in [2.05, 4.69) is 5.32 Å². The van der Waals surface area contributed by atoms with Crippen LogP contribution in [0.5, 0.6) is 0 Å². The van der Waals surface area contributed by atoms with Gasteiger partial charge < -0.3 is 15.3 Å². The molecule has 0 unspecified atom stereocenters. The first kappa shape index (κ1) is 14.4. The number of amides is 2. The van der Waals surface area contributed by atoms with Gasteiger partial charge in [0.05, 0.1) is 5.56 Å². The number of aryl methyl sites for hydroxylation is 1. The average molecular weight is 276 g/mol. The highest BCUT2D eigenvalue weighted by Crippen LogP contribution is 2.30. The van der Waals surface area contributed by atoms with Crippen molar-refractivity contribution in [2.45, 2.75) is 26.7 Å². The molecule has 0 radical (unpaired) electrons. The minimum absolute atomic E-state index is 0.162. The van der Waals surface area contributed by atoms with Gasteiger partial charge in [-0.25, -0.2) is 9.59 Å². The molecule has 2 N–H and O–H groups in total. The lowest BCUT2D eigenvalue weighted by Gasteiger charge is -2.22. The summed E-state index contributed by atoms with van der Waals surface area (Å²) in [4.78, 5) is 24.9. The lowest BCUT2D eigenvalue weighted by molar-refractivity contribution is 0.0697. The van der Waals surface area contributed by atoms with Crippen LogP contribution in [0.15, 0.2) is 18.2 Å². The largest absolute Gasteiger partial charge is 0.478 e. The van der Waals surface area contributed by atoms with Crippen LogP contribution in [-0.2, 0) is 0 Å². The lowest BCUT2D eigenvalue weighted by atomic mass is 10.1. The number of carboxylic acid groups (broad SMARTS) is 1. The minimum atomic E-state index is -0.995. The first-order chi connectivity index (χ1) is 9.51. The summed E-state index contributed by atoms with van der Waals surface area (Å²) in [6.45, 7) is 5.22. The SMILES string of the molecule is CCN(CC1CC1)C(=O)Nc1cc(C(=O)O)ccc1C. The Morgan fingerprint density at radius 3 is 2.65 bits per heavy atom. The predicted octanol–water partition coefficient (Wildman–Crippen LogP) is 2.96. The molecule has 1 aliphatic rings. The maximum absolute atomic E-state index is 12.2. The summed E-state index contributed by atoms with van der Waals surface area (Å²) in [6, 6.07) is 4.58. The smallest absolute Gasteiger partial charge is 0.335 e. The zero-order chi connectivity index (χ0) is 14.7. The molecule has 0 bridgehead atoms. The monoisotopic (exact) mass is 276 g/mol. The van der Waals surface area contributed by atoms with Gasteiger partial charge in [-0.2, -0.15) is 0 Å². The molecular formula is C15H20N2O3. The van der Waals surface area contributed by atoms with Crippen molar-refractivity contribution in [3.05, 3.63) is 29.3 Å². The molecule has 2 rings (SSSR count). The summed E-state index contributed by atoms with van der Waals surface area (Å²) in [5.41, 5.74) is 1.59. The number of aromatic carboxylic acids is 1. The molecule has 20 heavy (non-hydrogen) atoms. The maximum Gasteiger partial charge on any atom is 0.335 e. The Bertz CT molecular complexity index is 524. The van der Waals surface area contributed by atoms with Gasteiger partial charge in [0.15, 0.2) is 0 Å². The second kappa shape index (κ2) is 5.94. The molecule has 1 saturated carbocycles. The number of nitrogens with one attached hydrogen (secondary N) is 1. The van der Waals surface area contributed by atoms with Gasteiger partial charge in [-0.1, -0.05) is 6.07 Å². The summed E-state index contributed by atoms with van der Waals surface area (Å²) in [6.07, 6.45) is 2.38. The van der Waals surface area contributed by atoms with Crippen LogP contribution in [0.2, 0.25) is 0 Å². The summed E-state index contributed by atoms with van der Waals surface area (Å²) >= 11 is 0. The van der Waals surface area contributed by atoms with Crippen LogP contribution in [0.4, 0.5) is 10.5 Å². The van der Waals surface area contributed by atoms with Gasteiger partial charge in [-0.3, -0.25) is 0 Å². The van der Waals surface area contributed by atoms with Crippen molar-refractivity contribution in [1.29, 1.82) is 0 Å². The standard InChI is InChI=1S/C15H20N2O3/c1-3-17(9-11-5-6-11)15(20)16-13-8-12(14(18)19)7-4-10(13)2/h4,7-8,11H,3,5-6,9H2,1-2H3,(H,16,20)(H,18,19). The lowest BCUT2D eigenvalue weighted by Crippen LogP contribution is -2.36. The summed E-state index contributed by atoms with van der Waals surface area (Å²) < 4.78 is 0. The number of carbonyl (C=O) groups is 2. The van der Waals surface area contributed by atoms with Crippen LogP contribution in [0.25, 0.3) is 0 Å². The molecule has 1 aromatic rings. The summed E-state index contributed by atoms with van der Waals surface area (Å²) in [7, 11) is 0. The fourth-order valence-electron chi connectivity index (χ4n) is 2.05. The zero-order valence-electron chi connectivity index (χ0n) is 11.8. The van der Waals surface area contributed by atoms with Crippen molar-refractivity contribution < 1.29 is 14.7 Å². The Kier molecular flexibility index (Phi) is 4.27. The second-order valence-corrected chi connectivity index (χ2v) is 5.25. The van der Waals surface area contributed by atoms with Gasteiger partial charge >= 0.3 is 12.0 Å². The zero-order valence-corrected chi connectivity index (χ0v) is 11.8. The van der Waals surface area contributed by atoms with Crippen LogP contribution < -0.4 is 5.32 Å². The van der Waals surface area contributed by atoms with Crippen molar-refractivity contribution in [2.75, 3.05) is 18.4 Å². The highest BCUT2D eigenvalue weighted by Gasteiger charge is 2.26. The molecule has 0 heterocycles. The van der Waals surface area contributed by atoms with E-state index in [-0.39, 0.29) is 11.6 Å². The normalized spacial score (nSPS) is 13.9. The molecule has 2 amide bonds. The number of carboxylic acids is 1. The van der Waals surface area contributed by atoms with Gasteiger partial charge in [0.2, 0.25) is 0 Å². The Labute approximate surface area is 118 Å². The van der Waals surface area contributed by atoms with Gasteiger partial charge in [0, 0.05) is 18.8 Å². The molecule has 1 fully saturated rings. The first-order valence-electron chi connectivity index (χ1n) is 6.91. The van der Waals surface area contributed by atoms with Gasteiger partial charge in [-0.05, 0) is 50.3 Å². The topological polar surface area (TPSA) is 69.6 Å². The Hall–Kier alpha value is -2.04. The predicted molar refractivity (Wildman–Crippen MR) is 77.1 cm³/mol. The minimum Gasteiger partial charge on any atom is -0.478 e. The van der Waals surface area contributed by atoms with E-state index in [1.165, 1.54) is 25.0 Å². The number of hydrogen-bond acceptors (Lipinski definition) is 2. The van der Waals surface area contributed by atoms with E-state index in [4.69, 9.17) is 5.11 Å². The van der Waals surface area contributed by atoms with Crippen molar-refractivity contribution in [2.24, 2.45) is 5.92 Å². The van der Waals surface area contributed by atoms with Crippen LogP contribution in [0.3, 0.4) is 0 Å². The number of urea groups is 1. The molecule has 0 aliphatic heterocycles. The second-order valence-electron chi connectivity index (χ2n) is 5.25. The van der Waals surface area contributed by atoms with E-state index in [1.807, 2.05) is 13.8 Å². The number of carbonyl (C=O) groups excluding carboxylic acids is 1. The average Bonchev–Trinajstić information content (AvgIpc) is 3.22. The van der Waals surface area contributed by atoms with E-state index in [1.54, 1.807) is 11.0 Å².